The fourth-order valence-corrected chi connectivity index (χ4v) is 4.44. The van der Waals surface area contributed by atoms with E-state index >= 15 is 0 Å². The van der Waals surface area contributed by atoms with Crippen LogP contribution >= 0.6 is 0 Å². The van der Waals surface area contributed by atoms with Gasteiger partial charge >= 0.3 is 5.97 Å². The van der Waals surface area contributed by atoms with Gasteiger partial charge in [0.05, 0.1) is 20.8 Å². The van der Waals surface area contributed by atoms with Gasteiger partial charge in [-0.2, -0.15) is 9.35 Å². The van der Waals surface area contributed by atoms with Crippen LogP contribution in [-0.2, 0) is 31.3 Å². The first-order valence-corrected chi connectivity index (χ1v) is 22.0. The zero-order valence-electron chi connectivity index (χ0n) is 40.9. The first-order chi connectivity index (χ1) is 29.1. The molecule has 4 aromatic rings. The summed E-state index contributed by atoms with van der Waals surface area (Å²) >= 11 is -1.17. The molecule has 1 aromatic heterocycles. The first-order valence-electron chi connectivity index (χ1n) is 20.5. The summed E-state index contributed by atoms with van der Waals surface area (Å²) < 4.78 is 34.8. The number of hydrogen-bond donors (Lipinski definition) is 0. The van der Waals surface area contributed by atoms with Crippen LogP contribution in [0.1, 0.15) is 97.2 Å². The smallest absolute Gasteiger partial charge is 0.333 e. The third kappa shape index (κ3) is 34.2. The number of methoxy groups -OCH3 is 2. The van der Waals surface area contributed by atoms with E-state index < -0.39 is 11.1 Å². The predicted octanol–water partition coefficient (Wildman–Crippen LogP) is 12.6. The molecule has 0 saturated heterocycles. The molecule has 0 aliphatic carbocycles. The maximum absolute atomic E-state index is 10.9. The predicted molar refractivity (Wildman–Crippen MR) is 260 cm³/mol. The van der Waals surface area contributed by atoms with Crippen molar-refractivity contribution >= 4 is 17.0 Å². The third-order valence-electron chi connectivity index (χ3n) is 7.44. The van der Waals surface area contributed by atoms with Crippen LogP contribution in [0.15, 0.2) is 114 Å². The molecule has 0 fully saturated rings. The number of benzene rings is 3. The summed E-state index contributed by atoms with van der Waals surface area (Å²) in [6.45, 7) is 28.3. The van der Waals surface area contributed by atoms with Crippen molar-refractivity contribution in [1.82, 2.24) is 10.0 Å². The molecule has 0 aliphatic rings. The number of esters is 1. The highest BCUT2D eigenvalue weighted by Gasteiger charge is 2.04. The van der Waals surface area contributed by atoms with Crippen molar-refractivity contribution in [3.63, 3.8) is 0 Å². The Labute approximate surface area is 374 Å². The highest BCUT2D eigenvalue weighted by molar-refractivity contribution is 7.79. The van der Waals surface area contributed by atoms with Crippen molar-refractivity contribution in [3.8, 4) is 29.3 Å². The normalized spacial score (nSPS) is 10.0. The van der Waals surface area contributed by atoms with Gasteiger partial charge in [-0.1, -0.05) is 113 Å². The fraction of sp³-hybridized carbons (Fsp3) is 0.412. The molecule has 0 bridgehead atoms. The van der Waals surface area contributed by atoms with E-state index in [9.17, 15) is 9.00 Å². The van der Waals surface area contributed by atoms with Crippen molar-refractivity contribution in [1.29, 1.82) is 0 Å². The Morgan fingerprint density at radius 1 is 0.770 bits per heavy atom. The number of hydroxylamine groups is 2. The van der Waals surface area contributed by atoms with Crippen LogP contribution < -0.4 is 14.2 Å². The number of allylic oxidation sites excluding steroid dienone is 3. The van der Waals surface area contributed by atoms with E-state index in [1.165, 1.54) is 40.7 Å². The highest BCUT2D eigenvalue weighted by atomic mass is 32.2. The number of aromatic nitrogens is 1. The van der Waals surface area contributed by atoms with Crippen LogP contribution in [0.2, 0.25) is 0 Å². The number of carbonyl (C=O) groups excluding carboxylic acids is 1. The largest absolute Gasteiger partial charge is 0.493 e. The fourth-order valence-electron chi connectivity index (χ4n) is 4.02. The number of carbonyl (C=O) groups is 1. The summed E-state index contributed by atoms with van der Waals surface area (Å²) in [4.78, 5) is 15.0. The molecule has 61 heavy (non-hydrogen) atoms. The van der Waals surface area contributed by atoms with E-state index in [1.807, 2.05) is 128 Å². The molecule has 0 radical (unpaired) electrons. The van der Waals surface area contributed by atoms with E-state index in [2.05, 4.69) is 84.1 Å². The second kappa shape index (κ2) is 42.9. The maximum Gasteiger partial charge on any atom is 0.333 e. The second-order valence-electron chi connectivity index (χ2n) is 12.1. The number of para-hydroxylation sites is 3. The molecule has 0 spiro atoms. The molecule has 0 N–H and O–H groups in total. The van der Waals surface area contributed by atoms with Gasteiger partial charge in [0.25, 0.3) is 0 Å². The van der Waals surface area contributed by atoms with E-state index in [0.717, 1.165) is 34.9 Å². The Morgan fingerprint density at radius 3 is 1.62 bits per heavy atom. The molecule has 0 amide bonds. The van der Waals surface area contributed by atoms with Crippen LogP contribution in [0.5, 0.6) is 17.2 Å². The SMILES string of the molecule is C/C=C\C(C)=C(/C)C(=O)OC.CC.CC.CC#COc1ccccc1CC.CCOc1ccccc1OC.CN(C)OS(C)=O.Cc1ccccc1C.Cc1cccnc1C. The minimum Gasteiger partial charge on any atom is -0.493 e. The summed E-state index contributed by atoms with van der Waals surface area (Å²) in [5.74, 6) is 4.89. The van der Waals surface area contributed by atoms with Gasteiger partial charge in [0.2, 0.25) is 0 Å². The van der Waals surface area contributed by atoms with Gasteiger partial charge in [0.1, 0.15) is 11.9 Å². The molecule has 1 heterocycles. The number of rotatable bonds is 9. The summed E-state index contributed by atoms with van der Waals surface area (Å²) in [6.07, 6.45) is 10.6. The van der Waals surface area contributed by atoms with E-state index in [1.54, 1.807) is 35.1 Å². The first kappa shape index (κ1) is 62.4. The molecule has 1 unspecified atom stereocenters. The van der Waals surface area contributed by atoms with Crippen LogP contribution in [0.4, 0.5) is 0 Å². The summed E-state index contributed by atoms with van der Waals surface area (Å²) in [5, 5.41) is 1.40. The van der Waals surface area contributed by atoms with Crippen LogP contribution in [-0.4, -0.2) is 61.4 Å². The zero-order chi connectivity index (χ0) is 47.6. The lowest BCUT2D eigenvalue weighted by Crippen LogP contribution is -2.13. The number of hydrogen-bond acceptors (Lipinski definition) is 9. The van der Waals surface area contributed by atoms with Crippen molar-refractivity contribution in [2.45, 2.75) is 103 Å². The number of pyridine rings is 1. The monoisotopic (exact) mass is 863 g/mol. The van der Waals surface area contributed by atoms with Crippen molar-refractivity contribution < 1.29 is 32.2 Å². The summed E-state index contributed by atoms with van der Waals surface area (Å²) in [5.41, 5.74) is 7.91. The van der Waals surface area contributed by atoms with E-state index in [-0.39, 0.29) is 5.97 Å². The lowest BCUT2D eigenvalue weighted by molar-refractivity contribution is -0.136. The van der Waals surface area contributed by atoms with Gasteiger partial charge in [-0.15, -0.1) is 0 Å². The molecule has 3 aromatic carbocycles. The third-order valence-corrected chi connectivity index (χ3v) is 7.94. The van der Waals surface area contributed by atoms with Gasteiger partial charge in [-0.25, -0.2) is 9.00 Å². The molecular weight excluding hydrogens is 785 g/mol. The number of nitrogens with zero attached hydrogens (tertiary/aromatic N) is 2. The molecule has 10 heteroatoms. The zero-order valence-corrected chi connectivity index (χ0v) is 41.7. The molecule has 0 aliphatic heterocycles. The lowest BCUT2D eigenvalue weighted by atomic mass is 10.1. The van der Waals surface area contributed by atoms with Gasteiger partial charge in [0.15, 0.2) is 22.6 Å². The van der Waals surface area contributed by atoms with Gasteiger partial charge in [-0.3, -0.25) is 4.98 Å². The Morgan fingerprint density at radius 2 is 1.26 bits per heavy atom. The number of aryl methyl sites for hydroxylation is 5. The average molecular weight is 863 g/mol. The molecule has 4 rings (SSSR count). The standard InChI is InChI=1S/C11H12O.C9H12O2.C9H14O2.C8H10.C7H9N.C3H9NO2S.2C2H6/c1-3-9-12-11-8-6-5-7-10(11)4-2;1-3-11-9-7-5-4-6-8(9)10-2;1-5-6-7(2)8(3)9(10)11-4;1-7-5-3-4-6-8(7)2;1-6-4-3-5-8-7(6)2;1-4(2)6-7(3)5;2*1-2/h5-8H,4H2,1-2H3;4-7H,3H2,1-2H3;5-6H,1-4H3;3-6H,1-2H3;3-5H,1-2H3;1-3H3;2*1-2H3/b;;6-5-,8-7+;;;;;. The Bertz CT molecular complexity index is 1760. The highest BCUT2D eigenvalue weighted by Crippen LogP contribution is 2.25. The van der Waals surface area contributed by atoms with Gasteiger partial charge < -0.3 is 18.9 Å². The second-order valence-corrected chi connectivity index (χ2v) is 13.0. The van der Waals surface area contributed by atoms with E-state index in [0.29, 0.717) is 12.2 Å². The number of ether oxygens (including phenoxy) is 4. The molecule has 340 valence electrons. The minimum absolute atomic E-state index is 0.263. The van der Waals surface area contributed by atoms with Crippen LogP contribution in [0.25, 0.3) is 0 Å². The Kier molecular flexibility index (Phi) is 43.9. The summed E-state index contributed by atoms with van der Waals surface area (Å²) in [7, 11) is 6.38. The Balaban J connectivity index is -0.000000317. The molecule has 9 nitrogen and oxygen atoms in total. The quantitative estimate of drug-likeness (QED) is 0.0536. The van der Waals surface area contributed by atoms with Crippen molar-refractivity contribution in [2.75, 3.05) is 41.2 Å². The molecule has 1 atom stereocenters. The van der Waals surface area contributed by atoms with Gasteiger partial charge in [-0.05, 0) is 114 Å². The minimum atomic E-state index is -1.17. The molecular formula is C51H78N2O7S. The van der Waals surface area contributed by atoms with E-state index in [4.69, 9.17) is 14.2 Å². The topological polar surface area (TPSA) is 96.4 Å². The average Bonchev–Trinajstić information content (AvgIpc) is 3.27. The van der Waals surface area contributed by atoms with Crippen LogP contribution in [0, 0.1) is 39.7 Å². The Hall–Kier alpha value is -5.21. The molecule has 0 saturated carbocycles. The van der Waals surface area contributed by atoms with Crippen LogP contribution in [0.3, 0.4) is 0 Å². The van der Waals surface area contributed by atoms with Crippen molar-refractivity contribution in [3.05, 3.63) is 142 Å². The van der Waals surface area contributed by atoms with Crippen molar-refractivity contribution in [2.24, 2.45) is 0 Å². The summed E-state index contributed by atoms with van der Waals surface area (Å²) in [6, 6.07) is 27.9. The maximum atomic E-state index is 10.9. The van der Waals surface area contributed by atoms with Gasteiger partial charge in [0, 0.05) is 44.7 Å². The lowest BCUT2D eigenvalue weighted by Gasteiger charge is -2.07.